The SMILES string of the molecule is O=C=C1CC=CN(CC(=O)NC2CC2)C1. The van der Waals surface area contributed by atoms with Crippen molar-refractivity contribution in [3.05, 3.63) is 17.8 Å². The first-order valence-corrected chi connectivity index (χ1v) is 5.21. The fourth-order valence-electron chi connectivity index (χ4n) is 1.57. The van der Waals surface area contributed by atoms with Gasteiger partial charge in [0.15, 0.2) is 0 Å². The lowest BCUT2D eigenvalue weighted by molar-refractivity contribution is -0.121. The van der Waals surface area contributed by atoms with Crippen LogP contribution < -0.4 is 5.32 Å². The largest absolute Gasteiger partial charge is 0.364 e. The van der Waals surface area contributed by atoms with Crippen molar-refractivity contribution in [1.29, 1.82) is 0 Å². The van der Waals surface area contributed by atoms with E-state index in [0.29, 0.717) is 31.1 Å². The molecule has 0 spiro atoms. The summed E-state index contributed by atoms with van der Waals surface area (Å²) in [6, 6.07) is 0.396. The minimum absolute atomic E-state index is 0.0364. The average molecular weight is 206 g/mol. The standard InChI is InChI=1S/C11H14N2O2/c14-8-9-2-1-5-13(6-9)7-11(15)12-10-3-4-10/h1,5,10H,2-4,6-7H2,(H,12,15). The fraction of sp³-hybridized carbons (Fsp3) is 0.545. The van der Waals surface area contributed by atoms with Gasteiger partial charge in [-0.1, -0.05) is 6.08 Å². The molecule has 0 aromatic heterocycles. The molecule has 0 saturated heterocycles. The number of nitrogens with one attached hydrogen (secondary N) is 1. The minimum atomic E-state index is 0.0364. The molecule has 1 aliphatic heterocycles. The van der Waals surface area contributed by atoms with Crippen molar-refractivity contribution in [2.24, 2.45) is 0 Å². The molecule has 1 fully saturated rings. The van der Waals surface area contributed by atoms with E-state index in [1.54, 1.807) is 0 Å². The third-order valence-corrected chi connectivity index (χ3v) is 2.51. The second-order valence-electron chi connectivity index (χ2n) is 4.04. The second-order valence-corrected chi connectivity index (χ2v) is 4.04. The van der Waals surface area contributed by atoms with Crippen molar-refractivity contribution in [1.82, 2.24) is 10.2 Å². The number of carbonyl (C=O) groups is 1. The number of nitrogens with zero attached hydrogens (tertiary/aromatic N) is 1. The highest BCUT2D eigenvalue weighted by Crippen LogP contribution is 2.18. The molecule has 0 unspecified atom stereocenters. The quantitative estimate of drug-likeness (QED) is 0.673. The summed E-state index contributed by atoms with van der Waals surface area (Å²) in [4.78, 5) is 23.8. The van der Waals surface area contributed by atoms with E-state index in [4.69, 9.17) is 0 Å². The molecule has 0 aromatic carbocycles. The van der Waals surface area contributed by atoms with Gasteiger partial charge in [0.25, 0.3) is 0 Å². The summed E-state index contributed by atoms with van der Waals surface area (Å²) in [6.07, 6.45) is 6.60. The molecule has 0 aromatic rings. The molecule has 4 nitrogen and oxygen atoms in total. The van der Waals surface area contributed by atoms with E-state index in [1.165, 1.54) is 0 Å². The number of hydrogen-bond acceptors (Lipinski definition) is 3. The predicted octanol–water partition coefficient (Wildman–Crippen LogP) is 0.242. The molecule has 80 valence electrons. The van der Waals surface area contributed by atoms with E-state index in [2.05, 4.69) is 5.32 Å². The highest BCUT2D eigenvalue weighted by molar-refractivity contribution is 5.79. The number of hydrogen-bond donors (Lipinski definition) is 1. The van der Waals surface area contributed by atoms with E-state index in [1.807, 2.05) is 23.1 Å². The summed E-state index contributed by atoms with van der Waals surface area (Å²) < 4.78 is 0. The van der Waals surface area contributed by atoms with Crippen molar-refractivity contribution in [2.75, 3.05) is 13.1 Å². The van der Waals surface area contributed by atoms with Gasteiger partial charge in [-0.15, -0.1) is 0 Å². The Kier molecular flexibility index (Phi) is 2.88. The lowest BCUT2D eigenvalue weighted by Crippen LogP contribution is -2.37. The first-order chi connectivity index (χ1) is 7.28. The third kappa shape index (κ3) is 2.96. The van der Waals surface area contributed by atoms with Gasteiger partial charge in [0.05, 0.1) is 6.54 Å². The molecule has 2 aliphatic rings. The van der Waals surface area contributed by atoms with Crippen LogP contribution in [0.15, 0.2) is 17.8 Å². The molecule has 2 rings (SSSR count). The van der Waals surface area contributed by atoms with Crippen molar-refractivity contribution >= 4 is 11.8 Å². The molecule has 1 amide bonds. The Bertz CT molecular complexity index is 338. The highest BCUT2D eigenvalue weighted by Gasteiger charge is 2.24. The Balaban J connectivity index is 1.82. The van der Waals surface area contributed by atoms with Gasteiger partial charge >= 0.3 is 0 Å². The Morgan fingerprint density at radius 1 is 1.60 bits per heavy atom. The van der Waals surface area contributed by atoms with Gasteiger partial charge in [-0.3, -0.25) is 4.79 Å². The maximum atomic E-state index is 11.5. The first kappa shape index (κ1) is 9.99. The summed E-state index contributed by atoms with van der Waals surface area (Å²) in [7, 11) is 0. The van der Waals surface area contributed by atoms with Crippen LogP contribution in [0.5, 0.6) is 0 Å². The Morgan fingerprint density at radius 2 is 2.40 bits per heavy atom. The summed E-state index contributed by atoms with van der Waals surface area (Å²) >= 11 is 0. The maximum Gasteiger partial charge on any atom is 0.239 e. The molecule has 15 heavy (non-hydrogen) atoms. The van der Waals surface area contributed by atoms with Gasteiger partial charge in [-0.05, 0) is 19.0 Å². The minimum Gasteiger partial charge on any atom is -0.364 e. The van der Waals surface area contributed by atoms with Crippen LogP contribution in [0.4, 0.5) is 0 Å². The van der Waals surface area contributed by atoms with Crippen molar-refractivity contribution in [3.8, 4) is 0 Å². The van der Waals surface area contributed by atoms with Crippen molar-refractivity contribution in [2.45, 2.75) is 25.3 Å². The topological polar surface area (TPSA) is 49.4 Å². The summed E-state index contributed by atoms with van der Waals surface area (Å²) in [5, 5.41) is 2.91. The Hall–Kier alpha value is -1.54. The lowest BCUT2D eigenvalue weighted by atomic mass is 10.1. The number of allylic oxidation sites excluding steroid dienone is 1. The van der Waals surface area contributed by atoms with Crippen LogP contribution in [0, 0.1) is 0 Å². The molecule has 1 heterocycles. The number of rotatable bonds is 3. The molecule has 1 N–H and O–H groups in total. The first-order valence-electron chi connectivity index (χ1n) is 5.21. The van der Waals surface area contributed by atoms with E-state index in [-0.39, 0.29) is 5.91 Å². The predicted molar refractivity (Wildman–Crippen MR) is 55.7 cm³/mol. The summed E-state index contributed by atoms with van der Waals surface area (Å²) in [5.41, 5.74) is 0.705. The summed E-state index contributed by atoms with van der Waals surface area (Å²) in [5.74, 6) is 1.94. The monoisotopic (exact) mass is 206 g/mol. The van der Waals surface area contributed by atoms with E-state index >= 15 is 0 Å². The molecular formula is C11H14N2O2. The molecule has 0 bridgehead atoms. The van der Waals surface area contributed by atoms with Crippen LogP contribution in [-0.2, 0) is 9.59 Å². The van der Waals surface area contributed by atoms with Crippen LogP contribution in [0.1, 0.15) is 19.3 Å². The van der Waals surface area contributed by atoms with Crippen molar-refractivity contribution in [3.63, 3.8) is 0 Å². The van der Waals surface area contributed by atoms with Crippen LogP contribution >= 0.6 is 0 Å². The average Bonchev–Trinajstić information content (AvgIpc) is 3.02. The molecule has 0 radical (unpaired) electrons. The van der Waals surface area contributed by atoms with Gasteiger partial charge in [0.1, 0.15) is 5.94 Å². The van der Waals surface area contributed by atoms with E-state index < -0.39 is 0 Å². The molecular weight excluding hydrogens is 192 g/mol. The molecule has 4 heteroatoms. The highest BCUT2D eigenvalue weighted by atomic mass is 16.2. The van der Waals surface area contributed by atoms with Crippen LogP contribution in [-0.4, -0.2) is 35.9 Å². The third-order valence-electron chi connectivity index (χ3n) is 2.51. The zero-order chi connectivity index (χ0) is 10.7. The normalized spacial score (nSPS) is 20.0. The molecule has 1 aliphatic carbocycles. The number of carbonyl (C=O) groups excluding carboxylic acids is 2. The van der Waals surface area contributed by atoms with Crippen molar-refractivity contribution < 1.29 is 9.59 Å². The second kappa shape index (κ2) is 4.32. The van der Waals surface area contributed by atoms with Gasteiger partial charge in [-0.25, -0.2) is 4.79 Å². The zero-order valence-electron chi connectivity index (χ0n) is 8.53. The number of amides is 1. The van der Waals surface area contributed by atoms with Gasteiger partial charge in [0, 0.05) is 24.6 Å². The Morgan fingerprint density at radius 3 is 3.07 bits per heavy atom. The van der Waals surface area contributed by atoms with Gasteiger partial charge in [-0.2, -0.15) is 0 Å². The van der Waals surface area contributed by atoms with Crippen LogP contribution in [0.2, 0.25) is 0 Å². The van der Waals surface area contributed by atoms with Gasteiger partial charge < -0.3 is 10.2 Å². The molecule has 0 atom stereocenters. The van der Waals surface area contributed by atoms with E-state index in [0.717, 1.165) is 12.8 Å². The Labute approximate surface area is 88.6 Å². The fourth-order valence-corrected chi connectivity index (χ4v) is 1.57. The molecule has 1 saturated carbocycles. The van der Waals surface area contributed by atoms with Crippen LogP contribution in [0.3, 0.4) is 0 Å². The zero-order valence-corrected chi connectivity index (χ0v) is 8.53. The summed E-state index contributed by atoms with van der Waals surface area (Å²) in [6.45, 7) is 0.857. The van der Waals surface area contributed by atoms with Gasteiger partial charge in [0.2, 0.25) is 5.91 Å². The van der Waals surface area contributed by atoms with E-state index in [9.17, 15) is 9.59 Å². The lowest BCUT2D eigenvalue weighted by Gasteiger charge is -2.22. The maximum absolute atomic E-state index is 11.5. The van der Waals surface area contributed by atoms with Crippen LogP contribution in [0.25, 0.3) is 0 Å². The smallest absolute Gasteiger partial charge is 0.239 e.